The summed E-state index contributed by atoms with van der Waals surface area (Å²) in [5, 5.41) is 1.21. The minimum absolute atomic E-state index is 0.217. The second kappa shape index (κ2) is 9.03. The summed E-state index contributed by atoms with van der Waals surface area (Å²) in [4.78, 5) is 24.8. The van der Waals surface area contributed by atoms with Crippen molar-refractivity contribution in [3.05, 3.63) is 89.7 Å². The van der Waals surface area contributed by atoms with Gasteiger partial charge in [0.15, 0.2) is 0 Å². The Morgan fingerprint density at radius 1 is 0.853 bits per heavy atom. The van der Waals surface area contributed by atoms with Crippen molar-refractivity contribution in [2.75, 3.05) is 13.1 Å². The fraction of sp³-hybridized carbons (Fsp3) is 0.250. The Morgan fingerprint density at radius 3 is 2.35 bits per heavy atom. The molecule has 0 saturated carbocycles. The Kier molecular flexibility index (Phi) is 5.59. The lowest BCUT2D eigenvalue weighted by Gasteiger charge is -2.31. The fourth-order valence-corrected chi connectivity index (χ4v) is 6.06. The molecule has 1 aliphatic rings. The van der Waals surface area contributed by atoms with Crippen molar-refractivity contribution < 1.29 is 4.79 Å². The van der Waals surface area contributed by atoms with E-state index in [4.69, 9.17) is 9.97 Å². The average molecular weight is 467 g/mol. The summed E-state index contributed by atoms with van der Waals surface area (Å²) in [6.07, 6.45) is 3.06. The maximum atomic E-state index is 13.1. The molecule has 1 fully saturated rings. The quantitative estimate of drug-likeness (QED) is 0.320. The molecule has 0 bridgehead atoms. The van der Waals surface area contributed by atoms with Gasteiger partial charge in [0.1, 0.15) is 5.82 Å². The zero-order valence-electron chi connectivity index (χ0n) is 18.9. The molecule has 0 spiro atoms. The van der Waals surface area contributed by atoms with Crippen molar-refractivity contribution in [3.8, 4) is 5.69 Å². The van der Waals surface area contributed by atoms with Crippen LogP contribution in [0.25, 0.3) is 26.9 Å². The van der Waals surface area contributed by atoms with E-state index in [0.29, 0.717) is 18.8 Å². The lowest BCUT2D eigenvalue weighted by atomic mass is 9.97. The number of para-hydroxylation sites is 4. The van der Waals surface area contributed by atoms with Crippen molar-refractivity contribution in [2.45, 2.75) is 31.6 Å². The van der Waals surface area contributed by atoms with Crippen molar-refractivity contribution in [1.82, 2.24) is 19.4 Å². The number of fused-ring (bicyclic) bond motifs is 2. The zero-order chi connectivity index (χ0) is 22.9. The first-order valence-electron chi connectivity index (χ1n) is 11.9. The van der Waals surface area contributed by atoms with Gasteiger partial charge in [-0.2, -0.15) is 0 Å². The van der Waals surface area contributed by atoms with Crippen LogP contribution >= 0.6 is 11.3 Å². The number of rotatable bonds is 5. The number of benzene rings is 3. The van der Waals surface area contributed by atoms with Gasteiger partial charge in [-0.25, -0.2) is 9.97 Å². The predicted molar refractivity (Wildman–Crippen MR) is 138 cm³/mol. The molecule has 0 radical (unpaired) electrons. The standard InChI is InChI=1S/C28H26N4OS/c33-27(31-18-16-20(17-19-31)28-30-23-11-5-7-13-25(23)34-28)15-14-26-29-22-10-4-6-12-24(22)32(26)21-8-2-1-3-9-21/h1-13,20H,14-19H2. The molecule has 1 saturated heterocycles. The minimum Gasteiger partial charge on any atom is -0.343 e. The summed E-state index contributed by atoms with van der Waals surface area (Å²) >= 11 is 1.80. The molecule has 0 N–H and O–H groups in total. The van der Waals surface area contributed by atoms with Gasteiger partial charge in [0.05, 0.1) is 26.3 Å². The van der Waals surface area contributed by atoms with E-state index < -0.39 is 0 Å². The molecule has 1 amide bonds. The van der Waals surface area contributed by atoms with E-state index in [2.05, 4.69) is 41.0 Å². The summed E-state index contributed by atoms with van der Waals surface area (Å²) in [5.74, 6) is 1.60. The summed E-state index contributed by atoms with van der Waals surface area (Å²) in [6, 6.07) is 26.8. The van der Waals surface area contributed by atoms with E-state index in [0.717, 1.165) is 54.0 Å². The summed E-state index contributed by atoms with van der Waals surface area (Å²) in [6.45, 7) is 1.60. The van der Waals surface area contributed by atoms with Gasteiger partial charge in [-0.15, -0.1) is 11.3 Å². The van der Waals surface area contributed by atoms with Crippen molar-refractivity contribution in [2.24, 2.45) is 0 Å². The predicted octanol–water partition coefficient (Wildman–Crippen LogP) is 5.97. The first-order valence-corrected chi connectivity index (χ1v) is 12.7. The summed E-state index contributed by atoms with van der Waals surface area (Å²) in [7, 11) is 0. The molecular weight excluding hydrogens is 440 g/mol. The molecular formula is C28H26N4OS. The van der Waals surface area contributed by atoms with E-state index in [9.17, 15) is 4.79 Å². The highest BCUT2D eigenvalue weighted by Crippen LogP contribution is 2.34. The number of hydrogen-bond acceptors (Lipinski definition) is 4. The minimum atomic E-state index is 0.217. The molecule has 3 aromatic carbocycles. The van der Waals surface area contributed by atoms with Crippen molar-refractivity contribution >= 4 is 38.5 Å². The van der Waals surface area contributed by atoms with Gasteiger partial charge < -0.3 is 4.90 Å². The molecule has 0 unspecified atom stereocenters. The van der Waals surface area contributed by atoms with Crippen LogP contribution in [-0.4, -0.2) is 38.4 Å². The molecule has 0 atom stereocenters. The number of aromatic nitrogens is 3. The first-order chi connectivity index (χ1) is 16.8. The highest BCUT2D eigenvalue weighted by molar-refractivity contribution is 7.18. The van der Waals surface area contributed by atoms with Crippen LogP contribution in [0.5, 0.6) is 0 Å². The first kappa shape index (κ1) is 21.1. The molecule has 1 aliphatic heterocycles. The molecule has 3 heterocycles. The van der Waals surface area contributed by atoms with Crippen LogP contribution < -0.4 is 0 Å². The van der Waals surface area contributed by atoms with E-state index in [1.165, 1.54) is 9.71 Å². The van der Waals surface area contributed by atoms with E-state index in [-0.39, 0.29) is 5.91 Å². The lowest BCUT2D eigenvalue weighted by Crippen LogP contribution is -2.38. The maximum absolute atomic E-state index is 13.1. The smallest absolute Gasteiger partial charge is 0.223 e. The lowest BCUT2D eigenvalue weighted by molar-refractivity contribution is -0.132. The maximum Gasteiger partial charge on any atom is 0.223 e. The van der Waals surface area contributed by atoms with Gasteiger partial charge in [-0.05, 0) is 49.2 Å². The molecule has 6 rings (SSSR count). The Labute approximate surface area is 202 Å². The van der Waals surface area contributed by atoms with Gasteiger partial charge >= 0.3 is 0 Å². The normalized spacial score (nSPS) is 14.8. The monoisotopic (exact) mass is 466 g/mol. The van der Waals surface area contributed by atoms with Gasteiger partial charge in [0.25, 0.3) is 0 Å². The Balaban J connectivity index is 1.13. The largest absolute Gasteiger partial charge is 0.343 e. The van der Waals surface area contributed by atoms with Crippen LogP contribution in [0.15, 0.2) is 78.9 Å². The van der Waals surface area contributed by atoms with Crippen LogP contribution in [0, 0.1) is 0 Å². The van der Waals surface area contributed by atoms with Crippen molar-refractivity contribution in [3.63, 3.8) is 0 Å². The molecule has 170 valence electrons. The van der Waals surface area contributed by atoms with Crippen LogP contribution in [0.1, 0.15) is 36.0 Å². The molecule has 2 aromatic heterocycles. The SMILES string of the molecule is O=C(CCc1nc2ccccc2n1-c1ccccc1)N1CCC(c2nc3ccccc3s2)CC1. The molecule has 5 aromatic rings. The van der Waals surface area contributed by atoms with Crippen LogP contribution in [0.4, 0.5) is 0 Å². The van der Waals surface area contributed by atoms with Gasteiger partial charge in [-0.3, -0.25) is 9.36 Å². The van der Waals surface area contributed by atoms with E-state index >= 15 is 0 Å². The number of aryl methyl sites for hydroxylation is 1. The second-order valence-corrected chi connectivity index (χ2v) is 9.92. The molecule has 0 aliphatic carbocycles. The summed E-state index contributed by atoms with van der Waals surface area (Å²) in [5.41, 5.74) is 4.20. The van der Waals surface area contributed by atoms with E-state index in [1.54, 1.807) is 11.3 Å². The molecule has 34 heavy (non-hydrogen) atoms. The van der Waals surface area contributed by atoms with Crippen LogP contribution in [0.2, 0.25) is 0 Å². The summed E-state index contributed by atoms with van der Waals surface area (Å²) < 4.78 is 3.43. The molecule has 6 heteroatoms. The number of thiazole rings is 1. The number of carbonyl (C=O) groups is 1. The number of piperidine rings is 1. The topological polar surface area (TPSA) is 51.0 Å². The second-order valence-electron chi connectivity index (χ2n) is 8.86. The third-order valence-corrected chi connectivity index (χ3v) is 7.91. The number of amides is 1. The zero-order valence-corrected chi connectivity index (χ0v) is 19.7. The average Bonchev–Trinajstić information content (AvgIpc) is 3.49. The highest BCUT2D eigenvalue weighted by atomic mass is 32.1. The highest BCUT2D eigenvalue weighted by Gasteiger charge is 2.26. The third kappa shape index (κ3) is 3.99. The Morgan fingerprint density at radius 2 is 1.56 bits per heavy atom. The van der Waals surface area contributed by atoms with Gasteiger partial charge in [0, 0.05) is 37.5 Å². The molecule has 5 nitrogen and oxygen atoms in total. The number of hydrogen-bond donors (Lipinski definition) is 0. The third-order valence-electron chi connectivity index (χ3n) is 6.71. The Bertz CT molecular complexity index is 1410. The van der Waals surface area contributed by atoms with Crippen LogP contribution in [0.3, 0.4) is 0 Å². The fourth-order valence-electron chi connectivity index (χ4n) is 4.93. The number of carbonyl (C=O) groups excluding carboxylic acids is 1. The number of nitrogens with zero attached hydrogens (tertiary/aromatic N) is 4. The Hall–Kier alpha value is -3.51. The van der Waals surface area contributed by atoms with Gasteiger partial charge in [0.2, 0.25) is 5.91 Å². The van der Waals surface area contributed by atoms with Gasteiger partial charge in [-0.1, -0.05) is 42.5 Å². The van der Waals surface area contributed by atoms with Crippen molar-refractivity contribution in [1.29, 1.82) is 0 Å². The number of imidazole rings is 1. The van der Waals surface area contributed by atoms with E-state index in [1.807, 2.05) is 47.4 Å². The number of likely N-dealkylation sites (tertiary alicyclic amines) is 1. The van der Waals surface area contributed by atoms with Crippen LogP contribution in [-0.2, 0) is 11.2 Å².